The third-order valence-corrected chi connectivity index (χ3v) is 6.08. The molecule has 1 amide bonds. The van der Waals surface area contributed by atoms with E-state index in [0.29, 0.717) is 44.2 Å². The first-order valence-corrected chi connectivity index (χ1v) is 10.3. The Labute approximate surface area is 176 Å². The molecule has 1 aliphatic carbocycles. The van der Waals surface area contributed by atoms with Crippen molar-refractivity contribution in [3.05, 3.63) is 34.9 Å². The van der Waals surface area contributed by atoms with E-state index in [9.17, 15) is 31.1 Å². The quantitative estimate of drug-likeness (QED) is 0.639. The molecule has 1 heterocycles. The van der Waals surface area contributed by atoms with Gasteiger partial charge in [-0.25, -0.2) is 0 Å². The van der Waals surface area contributed by atoms with Crippen LogP contribution in [-0.2, 0) is 28.4 Å². The predicted octanol–water partition coefficient (Wildman–Crippen LogP) is 4.67. The number of rotatable bonds is 5. The summed E-state index contributed by atoms with van der Waals surface area (Å²) in [5.74, 6) is -0.366. The van der Waals surface area contributed by atoms with Crippen LogP contribution >= 0.6 is 0 Å². The summed E-state index contributed by atoms with van der Waals surface area (Å²) in [7, 11) is 0. The van der Waals surface area contributed by atoms with E-state index in [-0.39, 0.29) is 23.6 Å². The van der Waals surface area contributed by atoms with E-state index < -0.39 is 35.4 Å². The zero-order chi connectivity index (χ0) is 22.9. The van der Waals surface area contributed by atoms with Gasteiger partial charge in [0.25, 0.3) is 0 Å². The van der Waals surface area contributed by atoms with Crippen molar-refractivity contribution >= 4 is 5.91 Å². The Hall–Kier alpha value is -1.81. The van der Waals surface area contributed by atoms with Gasteiger partial charge in [-0.05, 0) is 55.9 Å². The van der Waals surface area contributed by atoms with Crippen molar-refractivity contribution in [2.75, 3.05) is 13.2 Å². The van der Waals surface area contributed by atoms with E-state index in [1.165, 1.54) is 0 Å². The normalized spacial score (nSPS) is 25.6. The van der Waals surface area contributed by atoms with Gasteiger partial charge in [0.1, 0.15) is 0 Å². The van der Waals surface area contributed by atoms with Crippen LogP contribution in [0.2, 0.25) is 0 Å². The molecule has 2 atom stereocenters. The average Bonchev–Trinajstić information content (AvgIpc) is 3.07. The van der Waals surface area contributed by atoms with Gasteiger partial charge in [-0.1, -0.05) is 6.92 Å². The highest BCUT2D eigenvalue weighted by molar-refractivity contribution is 5.82. The van der Waals surface area contributed by atoms with Crippen molar-refractivity contribution in [3.63, 3.8) is 0 Å². The summed E-state index contributed by atoms with van der Waals surface area (Å²) in [6.45, 7) is 2.76. The average molecular weight is 452 g/mol. The second-order valence-electron chi connectivity index (χ2n) is 8.65. The SMILES string of the molecule is CC1(C(=O)NCc2cc(C(F)(F)F)cc(C(F)(F)F)c2)CC[C@@H](NC2CCOCC2)C1. The molecule has 1 unspecified atom stereocenters. The minimum Gasteiger partial charge on any atom is -0.381 e. The second-order valence-corrected chi connectivity index (χ2v) is 8.65. The number of alkyl halides is 6. The molecule has 1 aliphatic heterocycles. The van der Waals surface area contributed by atoms with E-state index in [2.05, 4.69) is 10.6 Å². The Morgan fingerprint density at radius 3 is 2.13 bits per heavy atom. The van der Waals surface area contributed by atoms with E-state index in [1.54, 1.807) is 6.92 Å². The zero-order valence-electron chi connectivity index (χ0n) is 17.1. The van der Waals surface area contributed by atoms with Gasteiger partial charge in [0.2, 0.25) is 5.91 Å². The van der Waals surface area contributed by atoms with Crippen molar-refractivity contribution < 1.29 is 35.9 Å². The lowest BCUT2D eigenvalue weighted by atomic mass is 9.87. The summed E-state index contributed by atoms with van der Waals surface area (Å²) in [5, 5.41) is 6.08. The molecule has 1 saturated heterocycles. The second kappa shape index (κ2) is 8.97. The molecule has 1 aromatic rings. The summed E-state index contributed by atoms with van der Waals surface area (Å²) in [4.78, 5) is 12.7. The number of halogens is 6. The van der Waals surface area contributed by atoms with Gasteiger partial charge in [-0.15, -0.1) is 0 Å². The van der Waals surface area contributed by atoms with Gasteiger partial charge in [0.15, 0.2) is 0 Å². The van der Waals surface area contributed by atoms with Crippen molar-refractivity contribution in [1.29, 1.82) is 0 Å². The lowest BCUT2D eigenvalue weighted by molar-refractivity contribution is -0.143. The van der Waals surface area contributed by atoms with Crippen LogP contribution in [-0.4, -0.2) is 31.2 Å². The number of carbonyl (C=O) groups is 1. The van der Waals surface area contributed by atoms with E-state index in [0.717, 1.165) is 19.3 Å². The molecule has 1 aromatic carbocycles. The van der Waals surface area contributed by atoms with E-state index >= 15 is 0 Å². The van der Waals surface area contributed by atoms with Crippen molar-refractivity contribution in [2.45, 2.75) is 70.0 Å². The summed E-state index contributed by atoms with van der Waals surface area (Å²) < 4.78 is 83.4. The molecule has 1 saturated carbocycles. The molecular formula is C21H26F6N2O2. The fourth-order valence-electron chi connectivity index (χ4n) is 4.30. The fraction of sp³-hybridized carbons (Fsp3) is 0.667. The van der Waals surface area contributed by atoms with Gasteiger partial charge in [0, 0.05) is 37.3 Å². The molecule has 4 nitrogen and oxygen atoms in total. The molecule has 0 aromatic heterocycles. The van der Waals surface area contributed by atoms with Crippen LogP contribution < -0.4 is 10.6 Å². The van der Waals surface area contributed by atoms with Gasteiger partial charge >= 0.3 is 12.4 Å². The van der Waals surface area contributed by atoms with Gasteiger partial charge < -0.3 is 15.4 Å². The summed E-state index contributed by atoms with van der Waals surface area (Å²) in [5.41, 5.74) is -3.75. The maximum atomic E-state index is 13.0. The number of benzene rings is 1. The van der Waals surface area contributed by atoms with Gasteiger partial charge in [0.05, 0.1) is 11.1 Å². The number of amides is 1. The third kappa shape index (κ3) is 6.12. The highest BCUT2D eigenvalue weighted by Crippen LogP contribution is 2.39. The molecule has 0 spiro atoms. The summed E-state index contributed by atoms with van der Waals surface area (Å²) in [6, 6.07) is 1.83. The Morgan fingerprint density at radius 2 is 1.58 bits per heavy atom. The molecule has 2 fully saturated rings. The van der Waals surface area contributed by atoms with E-state index in [1.807, 2.05) is 0 Å². The first-order valence-electron chi connectivity index (χ1n) is 10.3. The molecule has 10 heteroatoms. The Bertz CT molecular complexity index is 757. The number of hydrogen-bond donors (Lipinski definition) is 2. The number of nitrogens with one attached hydrogen (secondary N) is 2. The topological polar surface area (TPSA) is 50.4 Å². The van der Waals surface area contributed by atoms with Crippen LogP contribution in [0.3, 0.4) is 0 Å². The minimum absolute atomic E-state index is 0.0795. The van der Waals surface area contributed by atoms with Crippen LogP contribution in [0.4, 0.5) is 26.3 Å². The lowest BCUT2D eigenvalue weighted by Gasteiger charge is -2.28. The Morgan fingerprint density at radius 1 is 1.00 bits per heavy atom. The molecule has 0 bridgehead atoms. The van der Waals surface area contributed by atoms with Gasteiger partial charge in [-0.2, -0.15) is 26.3 Å². The summed E-state index contributed by atoms with van der Waals surface area (Å²) >= 11 is 0. The monoisotopic (exact) mass is 452 g/mol. The molecule has 3 rings (SSSR count). The summed E-state index contributed by atoms with van der Waals surface area (Å²) in [6.07, 6.45) is -6.10. The third-order valence-electron chi connectivity index (χ3n) is 6.08. The van der Waals surface area contributed by atoms with Crippen LogP contribution in [0.1, 0.15) is 55.7 Å². The predicted molar refractivity (Wildman–Crippen MR) is 101 cm³/mol. The van der Waals surface area contributed by atoms with E-state index in [4.69, 9.17) is 4.74 Å². The number of ether oxygens (including phenoxy) is 1. The molecular weight excluding hydrogens is 426 g/mol. The van der Waals surface area contributed by atoms with Crippen molar-refractivity contribution in [1.82, 2.24) is 10.6 Å². The molecule has 2 aliphatic rings. The number of carbonyl (C=O) groups excluding carboxylic acids is 1. The molecule has 2 N–H and O–H groups in total. The minimum atomic E-state index is -4.92. The Balaban J connectivity index is 1.63. The first kappa shape index (κ1) is 23.8. The van der Waals surface area contributed by atoms with Crippen LogP contribution in [0, 0.1) is 5.41 Å². The fourth-order valence-corrected chi connectivity index (χ4v) is 4.30. The smallest absolute Gasteiger partial charge is 0.381 e. The molecule has 31 heavy (non-hydrogen) atoms. The largest absolute Gasteiger partial charge is 0.416 e. The molecule has 0 radical (unpaired) electrons. The maximum Gasteiger partial charge on any atom is 0.416 e. The van der Waals surface area contributed by atoms with Crippen LogP contribution in [0.15, 0.2) is 18.2 Å². The highest BCUT2D eigenvalue weighted by Gasteiger charge is 2.42. The van der Waals surface area contributed by atoms with Gasteiger partial charge in [-0.3, -0.25) is 4.79 Å². The lowest BCUT2D eigenvalue weighted by Crippen LogP contribution is -2.42. The molecule has 174 valence electrons. The van der Waals surface area contributed by atoms with Crippen molar-refractivity contribution in [3.8, 4) is 0 Å². The zero-order valence-corrected chi connectivity index (χ0v) is 17.1. The highest BCUT2D eigenvalue weighted by atomic mass is 19.4. The van der Waals surface area contributed by atoms with Crippen LogP contribution in [0.25, 0.3) is 0 Å². The van der Waals surface area contributed by atoms with Crippen LogP contribution in [0.5, 0.6) is 0 Å². The maximum absolute atomic E-state index is 13.0. The first-order chi connectivity index (χ1) is 14.4. The Kier molecular flexibility index (Phi) is 6.90. The van der Waals surface area contributed by atoms with Crippen molar-refractivity contribution in [2.24, 2.45) is 5.41 Å². The number of hydrogen-bond acceptors (Lipinski definition) is 3. The standard InChI is InChI=1S/C21H26F6N2O2/c1-19(5-2-17(11-19)29-16-3-6-31-7-4-16)18(30)28-12-13-8-14(20(22,23)24)10-15(9-13)21(25,26)27/h8-10,16-17,29H,2-7,11-12H2,1H3,(H,28,30)/t17-,19?/m1/s1.